The van der Waals surface area contributed by atoms with Crippen molar-refractivity contribution < 1.29 is 17.7 Å². The molecule has 1 aromatic carbocycles. The van der Waals surface area contributed by atoms with Gasteiger partial charge in [0.15, 0.2) is 4.90 Å². The van der Waals surface area contributed by atoms with Gasteiger partial charge in [-0.3, -0.25) is 10.1 Å². The molecule has 0 atom stereocenters. The molecule has 0 saturated heterocycles. The normalized spacial score (nSPS) is 11.4. The Balaban J connectivity index is 3.16. The van der Waals surface area contributed by atoms with Gasteiger partial charge in [0.2, 0.25) is 15.8 Å². The van der Waals surface area contributed by atoms with Crippen LogP contribution in [-0.4, -0.2) is 25.8 Å². The molecule has 0 radical (unpaired) electrons. The van der Waals surface area contributed by atoms with Crippen LogP contribution < -0.4 is 4.72 Å². The summed E-state index contributed by atoms with van der Waals surface area (Å²) in [4.78, 5) is 8.91. The van der Waals surface area contributed by atoms with Crippen LogP contribution in [0, 0.1) is 15.9 Å². The summed E-state index contributed by atoms with van der Waals surface area (Å²) in [6.07, 6.45) is 0.365. The number of nitro groups is 1. The van der Waals surface area contributed by atoms with Crippen LogP contribution in [-0.2, 0) is 10.0 Å². The number of halogens is 2. The van der Waals surface area contributed by atoms with Crippen molar-refractivity contribution in [3.05, 3.63) is 34.1 Å². The number of sulfonamides is 1. The predicted molar refractivity (Wildman–Crippen MR) is 63.6 cm³/mol. The minimum absolute atomic E-state index is 0.0273. The van der Waals surface area contributed by atoms with Crippen molar-refractivity contribution in [3.8, 4) is 0 Å². The van der Waals surface area contributed by atoms with Gasteiger partial charge < -0.3 is 0 Å². The Morgan fingerprint density at radius 2 is 2.11 bits per heavy atom. The van der Waals surface area contributed by atoms with Gasteiger partial charge in [-0.15, -0.1) is 11.6 Å². The number of hydrogen-bond acceptors (Lipinski definition) is 4. The van der Waals surface area contributed by atoms with Gasteiger partial charge >= 0.3 is 5.69 Å². The van der Waals surface area contributed by atoms with Gasteiger partial charge in [-0.2, -0.15) is 4.39 Å². The molecule has 0 unspecified atom stereocenters. The monoisotopic (exact) mass is 296 g/mol. The lowest BCUT2D eigenvalue weighted by atomic mass is 10.3. The van der Waals surface area contributed by atoms with Gasteiger partial charge in [0.1, 0.15) is 0 Å². The van der Waals surface area contributed by atoms with Gasteiger partial charge in [-0.1, -0.05) is 6.07 Å². The molecule has 9 heteroatoms. The van der Waals surface area contributed by atoms with Gasteiger partial charge in [-0.05, 0) is 18.6 Å². The largest absolute Gasteiger partial charge is 0.324 e. The van der Waals surface area contributed by atoms with Crippen LogP contribution in [0.5, 0.6) is 0 Å². The standard InChI is InChI=1S/C9H10ClFN2O4S/c10-5-2-6-12-18(16,17)8-4-1-3-7(11)9(8)13(14)15/h1,3-4,12H,2,5-6H2. The first-order chi connectivity index (χ1) is 8.40. The van der Waals surface area contributed by atoms with Crippen molar-refractivity contribution in [2.24, 2.45) is 0 Å². The van der Waals surface area contributed by atoms with Crippen molar-refractivity contribution in [2.45, 2.75) is 11.3 Å². The van der Waals surface area contributed by atoms with Crippen LogP contribution in [0.4, 0.5) is 10.1 Å². The van der Waals surface area contributed by atoms with Crippen LogP contribution in [0.25, 0.3) is 0 Å². The molecule has 0 saturated carbocycles. The zero-order valence-corrected chi connectivity index (χ0v) is 10.7. The van der Waals surface area contributed by atoms with E-state index >= 15 is 0 Å². The van der Waals surface area contributed by atoms with Crippen molar-refractivity contribution in [3.63, 3.8) is 0 Å². The first kappa shape index (κ1) is 14.8. The summed E-state index contributed by atoms with van der Waals surface area (Å²) in [5.74, 6) is -0.950. The van der Waals surface area contributed by atoms with Gasteiger partial charge in [0.05, 0.1) is 4.92 Å². The summed E-state index contributed by atoms with van der Waals surface area (Å²) in [7, 11) is -4.12. The lowest BCUT2D eigenvalue weighted by molar-refractivity contribution is -0.390. The van der Waals surface area contributed by atoms with E-state index in [4.69, 9.17) is 11.6 Å². The van der Waals surface area contributed by atoms with Crippen molar-refractivity contribution in [2.75, 3.05) is 12.4 Å². The first-order valence-electron chi connectivity index (χ1n) is 4.88. The summed E-state index contributed by atoms with van der Waals surface area (Å²) in [5, 5.41) is 10.7. The molecule has 0 aliphatic heterocycles. The van der Waals surface area contributed by atoms with Crippen LogP contribution in [0.2, 0.25) is 0 Å². The molecule has 6 nitrogen and oxygen atoms in total. The van der Waals surface area contributed by atoms with Crippen LogP contribution in [0.1, 0.15) is 6.42 Å². The topological polar surface area (TPSA) is 89.3 Å². The maximum atomic E-state index is 13.3. The third-order valence-corrected chi connectivity index (χ3v) is 3.78. The van der Waals surface area contributed by atoms with E-state index in [1.54, 1.807) is 0 Å². The summed E-state index contributed by atoms with van der Waals surface area (Å²) in [5.41, 5.74) is -1.06. The lowest BCUT2D eigenvalue weighted by Gasteiger charge is -2.06. The van der Waals surface area contributed by atoms with Gasteiger partial charge in [-0.25, -0.2) is 13.1 Å². The number of hydrogen-bond donors (Lipinski definition) is 1. The summed E-state index contributed by atoms with van der Waals surface area (Å²) in [6, 6.07) is 2.90. The summed E-state index contributed by atoms with van der Waals surface area (Å²) in [6.45, 7) is 0.0273. The number of benzene rings is 1. The smallest absolute Gasteiger partial charge is 0.258 e. The Labute approximate surface area is 108 Å². The SMILES string of the molecule is O=[N+]([O-])c1c(F)cccc1S(=O)(=O)NCCCCl. The second-order valence-corrected chi connectivity index (χ2v) is 5.40. The van der Waals surface area contributed by atoms with Crippen molar-refractivity contribution >= 4 is 27.3 Å². The molecular weight excluding hydrogens is 287 g/mol. The van der Waals surface area contributed by atoms with Crippen LogP contribution >= 0.6 is 11.6 Å². The third kappa shape index (κ3) is 3.37. The Morgan fingerprint density at radius 1 is 1.44 bits per heavy atom. The third-order valence-electron chi connectivity index (χ3n) is 2.02. The van der Waals surface area contributed by atoms with E-state index in [1.165, 1.54) is 0 Å². The number of para-hydroxylation sites is 1. The van der Waals surface area contributed by atoms with Crippen molar-refractivity contribution in [1.82, 2.24) is 4.72 Å². The Kier molecular flexibility index (Phi) is 5.00. The Hall–Kier alpha value is -1.25. The maximum absolute atomic E-state index is 13.3. The average molecular weight is 297 g/mol. The minimum Gasteiger partial charge on any atom is -0.258 e. The van der Waals surface area contributed by atoms with E-state index in [0.29, 0.717) is 6.42 Å². The highest BCUT2D eigenvalue weighted by Crippen LogP contribution is 2.26. The fraction of sp³-hybridized carbons (Fsp3) is 0.333. The number of nitrogens with one attached hydrogen (secondary N) is 1. The fourth-order valence-corrected chi connectivity index (χ4v) is 2.63. The molecule has 0 fully saturated rings. The van der Waals surface area contributed by atoms with Crippen LogP contribution in [0.15, 0.2) is 23.1 Å². The molecule has 0 aliphatic rings. The summed E-state index contributed by atoms with van der Waals surface area (Å²) >= 11 is 5.38. The molecule has 1 N–H and O–H groups in total. The molecule has 0 spiro atoms. The fourth-order valence-electron chi connectivity index (χ4n) is 1.24. The number of alkyl halides is 1. The van der Waals surface area contributed by atoms with Crippen LogP contribution in [0.3, 0.4) is 0 Å². The zero-order valence-electron chi connectivity index (χ0n) is 9.10. The van der Waals surface area contributed by atoms with E-state index in [2.05, 4.69) is 4.72 Å². The highest BCUT2D eigenvalue weighted by Gasteiger charge is 2.28. The quantitative estimate of drug-likeness (QED) is 0.374. The predicted octanol–water partition coefficient (Wildman–Crippen LogP) is 1.64. The second kappa shape index (κ2) is 6.07. The molecule has 1 rings (SSSR count). The molecule has 18 heavy (non-hydrogen) atoms. The summed E-state index contributed by atoms with van der Waals surface area (Å²) < 4.78 is 38.9. The first-order valence-corrected chi connectivity index (χ1v) is 6.90. The molecule has 0 aromatic heterocycles. The van der Waals surface area contributed by atoms with Gasteiger partial charge in [0.25, 0.3) is 0 Å². The number of nitrogens with zero attached hydrogens (tertiary/aromatic N) is 1. The highest BCUT2D eigenvalue weighted by molar-refractivity contribution is 7.89. The number of nitro benzene ring substituents is 1. The van der Waals surface area contributed by atoms with E-state index in [-0.39, 0.29) is 12.4 Å². The molecule has 0 aliphatic carbocycles. The molecule has 0 heterocycles. The molecule has 0 bridgehead atoms. The highest BCUT2D eigenvalue weighted by atomic mass is 35.5. The number of rotatable bonds is 6. The second-order valence-electron chi connectivity index (χ2n) is 3.28. The maximum Gasteiger partial charge on any atom is 0.324 e. The van der Waals surface area contributed by atoms with E-state index in [0.717, 1.165) is 18.2 Å². The molecule has 1 aromatic rings. The van der Waals surface area contributed by atoms with Gasteiger partial charge in [0, 0.05) is 12.4 Å². The van der Waals surface area contributed by atoms with E-state index in [9.17, 15) is 22.9 Å². The average Bonchev–Trinajstić information content (AvgIpc) is 2.28. The molecule has 100 valence electrons. The lowest BCUT2D eigenvalue weighted by Crippen LogP contribution is -2.26. The molecular formula is C9H10ClFN2O4S. The Bertz CT molecular complexity index is 549. The zero-order chi connectivity index (χ0) is 13.8. The molecule has 0 amide bonds. The van der Waals surface area contributed by atoms with E-state index in [1.807, 2.05) is 0 Å². The minimum atomic E-state index is -4.12. The Morgan fingerprint density at radius 3 is 2.67 bits per heavy atom. The van der Waals surface area contributed by atoms with Crippen molar-refractivity contribution in [1.29, 1.82) is 0 Å². The van der Waals surface area contributed by atoms with E-state index < -0.39 is 31.3 Å².